The first kappa shape index (κ1) is 7.01. The molecule has 5 heteroatoms. The Bertz CT molecular complexity index is 239. The molecule has 0 aliphatic carbocycles. The quantitative estimate of drug-likeness (QED) is 0.624. The zero-order valence-electron chi connectivity index (χ0n) is 5.59. The molecular weight excluding hydrogens is 136 g/mol. The van der Waals surface area contributed by atoms with Crippen molar-refractivity contribution in [3.05, 3.63) is 16.4 Å². The number of nitrogens with one attached hydrogen (secondary N) is 1. The molecule has 5 nitrogen and oxygen atoms in total. The first-order chi connectivity index (χ1) is 4.83. The molecule has 10 heavy (non-hydrogen) atoms. The SMILES string of the molecule is COCCc1n[nH]c(=O)o1. The van der Waals surface area contributed by atoms with E-state index in [4.69, 9.17) is 4.74 Å². The molecule has 1 aromatic rings. The van der Waals surface area contributed by atoms with Gasteiger partial charge in [0.1, 0.15) is 0 Å². The van der Waals surface area contributed by atoms with Crippen LogP contribution < -0.4 is 5.76 Å². The Balaban J connectivity index is 2.50. The van der Waals surface area contributed by atoms with E-state index in [2.05, 4.69) is 14.6 Å². The highest BCUT2D eigenvalue weighted by Gasteiger charge is 1.98. The fraction of sp³-hybridized carbons (Fsp3) is 0.600. The number of hydrogen-bond donors (Lipinski definition) is 1. The molecular formula is C5H8N2O3. The van der Waals surface area contributed by atoms with Crippen molar-refractivity contribution in [1.82, 2.24) is 10.2 Å². The molecule has 0 unspecified atom stereocenters. The first-order valence-corrected chi connectivity index (χ1v) is 2.86. The van der Waals surface area contributed by atoms with Crippen molar-refractivity contribution < 1.29 is 9.15 Å². The van der Waals surface area contributed by atoms with Gasteiger partial charge < -0.3 is 9.15 Å². The summed E-state index contributed by atoms with van der Waals surface area (Å²) in [4.78, 5) is 10.3. The van der Waals surface area contributed by atoms with Crippen molar-refractivity contribution in [2.24, 2.45) is 0 Å². The van der Waals surface area contributed by atoms with E-state index in [1.54, 1.807) is 7.11 Å². The summed E-state index contributed by atoms with van der Waals surface area (Å²) in [6.07, 6.45) is 0.523. The number of nitrogens with zero attached hydrogens (tertiary/aromatic N) is 1. The van der Waals surface area contributed by atoms with Gasteiger partial charge in [-0.05, 0) is 0 Å². The van der Waals surface area contributed by atoms with Crippen molar-refractivity contribution in [3.8, 4) is 0 Å². The molecule has 0 aromatic carbocycles. The number of H-pyrrole nitrogens is 1. The van der Waals surface area contributed by atoms with E-state index in [-0.39, 0.29) is 0 Å². The molecule has 0 bridgehead atoms. The molecule has 0 amide bonds. The molecule has 0 saturated carbocycles. The topological polar surface area (TPSA) is 68.1 Å². The van der Waals surface area contributed by atoms with E-state index in [0.29, 0.717) is 18.9 Å². The van der Waals surface area contributed by atoms with Gasteiger partial charge in [0.05, 0.1) is 6.61 Å². The molecule has 0 atom stereocenters. The van der Waals surface area contributed by atoms with Crippen LogP contribution in [0.25, 0.3) is 0 Å². The second-order valence-corrected chi connectivity index (χ2v) is 1.75. The van der Waals surface area contributed by atoms with Crippen LogP contribution in [-0.4, -0.2) is 23.9 Å². The van der Waals surface area contributed by atoms with Gasteiger partial charge in [0.2, 0.25) is 5.89 Å². The van der Waals surface area contributed by atoms with Gasteiger partial charge in [-0.15, -0.1) is 5.10 Å². The summed E-state index contributed by atoms with van der Waals surface area (Å²) in [6.45, 7) is 0.508. The summed E-state index contributed by atoms with van der Waals surface area (Å²) >= 11 is 0. The monoisotopic (exact) mass is 144 g/mol. The molecule has 0 aliphatic rings. The van der Waals surface area contributed by atoms with Crippen LogP contribution in [0, 0.1) is 0 Å². The molecule has 56 valence electrons. The lowest BCUT2D eigenvalue weighted by molar-refractivity contribution is 0.194. The second kappa shape index (κ2) is 3.17. The normalized spacial score (nSPS) is 10.1. The van der Waals surface area contributed by atoms with Gasteiger partial charge in [0.15, 0.2) is 0 Å². The molecule has 0 aliphatic heterocycles. The molecule has 1 rings (SSSR count). The fourth-order valence-corrected chi connectivity index (χ4v) is 0.557. The summed E-state index contributed by atoms with van der Waals surface area (Å²) in [5, 5.41) is 5.72. The van der Waals surface area contributed by atoms with Crippen molar-refractivity contribution in [1.29, 1.82) is 0 Å². The van der Waals surface area contributed by atoms with E-state index < -0.39 is 5.76 Å². The fourth-order valence-electron chi connectivity index (χ4n) is 0.557. The summed E-state index contributed by atoms with van der Waals surface area (Å²) in [5.41, 5.74) is 0. The lowest BCUT2D eigenvalue weighted by Crippen LogP contribution is -1.95. The molecule has 0 spiro atoms. The maximum absolute atomic E-state index is 10.3. The molecule has 0 saturated heterocycles. The average Bonchev–Trinajstić information content (AvgIpc) is 2.31. The van der Waals surface area contributed by atoms with Crippen molar-refractivity contribution in [2.75, 3.05) is 13.7 Å². The van der Waals surface area contributed by atoms with Crippen LogP contribution in [0.15, 0.2) is 9.21 Å². The van der Waals surface area contributed by atoms with Gasteiger partial charge in [0.25, 0.3) is 0 Å². The molecule has 0 fully saturated rings. The Morgan fingerprint density at radius 1 is 1.80 bits per heavy atom. The summed E-state index contributed by atoms with van der Waals surface area (Å²) in [5.74, 6) is -0.141. The van der Waals surface area contributed by atoms with E-state index in [1.165, 1.54) is 0 Å². The Kier molecular flexibility index (Phi) is 2.22. The van der Waals surface area contributed by atoms with Crippen LogP contribution in [0.4, 0.5) is 0 Å². The zero-order valence-corrected chi connectivity index (χ0v) is 5.59. The van der Waals surface area contributed by atoms with Gasteiger partial charge in [-0.2, -0.15) is 0 Å². The Hall–Kier alpha value is -1.10. The highest BCUT2D eigenvalue weighted by Crippen LogP contribution is 1.88. The third-order valence-corrected chi connectivity index (χ3v) is 1.00. The predicted molar refractivity (Wildman–Crippen MR) is 32.7 cm³/mol. The Morgan fingerprint density at radius 2 is 2.60 bits per heavy atom. The lowest BCUT2D eigenvalue weighted by atomic mass is 10.5. The van der Waals surface area contributed by atoms with Crippen LogP contribution in [0.1, 0.15) is 5.89 Å². The van der Waals surface area contributed by atoms with E-state index >= 15 is 0 Å². The minimum absolute atomic E-state index is 0.381. The number of methoxy groups -OCH3 is 1. The van der Waals surface area contributed by atoms with E-state index in [1.807, 2.05) is 0 Å². The number of aromatic nitrogens is 2. The number of ether oxygens (including phenoxy) is 1. The number of rotatable bonds is 3. The number of hydrogen-bond acceptors (Lipinski definition) is 4. The van der Waals surface area contributed by atoms with Gasteiger partial charge in [-0.3, -0.25) is 0 Å². The standard InChI is InChI=1S/C5H8N2O3/c1-9-3-2-4-6-7-5(8)10-4/h2-3H2,1H3,(H,7,8). The maximum Gasteiger partial charge on any atom is 0.434 e. The van der Waals surface area contributed by atoms with Crippen LogP contribution in [0.3, 0.4) is 0 Å². The van der Waals surface area contributed by atoms with Crippen LogP contribution >= 0.6 is 0 Å². The Labute approximate surface area is 57.0 Å². The van der Waals surface area contributed by atoms with E-state index in [0.717, 1.165) is 0 Å². The van der Waals surface area contributed by atoms with Crippen LogP contribution in [-0.2, 0) is 11.2 Å². The third-order valence-electron chi connectivity index (χ3n) is 1.00. The summed E-state index contributed by atoms with van der Waals surface area (Å²) < 4.78 is 9.32. The third kappa shape index (κ3) is 1.70. The average molecular weight is 144 g/mol. The minimum Gasteiger partial charge on any atom is -0.392 e. The molecule has 1 N–H and O–H groups in total. The maximum atomic E-state index is 10.3. The van der Waals surface area contributed by atoms with Gasteiger partial charge in [-0.25, -0.2) is 9.89 Å². The largest absolute Gasteiger partial charge is 0.434 e. The summed E-state index contributed by atoms with van der Waals surface area (Å²) in [7, 11) is 1.57. The Morgan fingerprint density at radius 3 is 3.10 bits per heavy atom. The molecule has 1 aromatic heterocycles. The van der Waals surface area contributed by atoms with Crippen LogP contribution in [0.5, 0.6) is 0 Å². The summed E-state index contributed by atoms with van der Waals surface area (Å²) in [6, 6.07) is 0. The van der Waals surface area contributed by atoms with Gasteiger partial charge in [-0.1, -0.05) is 0 Å². The van der Waals surface area contributed by atoms with Gasteiger partial charge >= 0.3 is 5.76 Å². The highest BCUT2D eigenvalue weighted by atomic mass is 16.5. The van der Waals surface area contributed by atoms with Crippen molar-refractivity contribution >= 4 is 0 Å². The van der Waals surface area contributed by atoms with Gasteiger partial charge in [0, 0.05) is 13.5 Å². The van der Waals surface area contributed by atoms with Crippen molar-refractivity contribution in [3.63, 3.8) is 0 Å². The zero-order chi connectivity index (χ0) is 7.40. The molecule has 1 heterocycles. The second-order valence-electron chi connectivity index (χ2n) is 1.75. The lowest BCUT2D eigenvalue weighted by Gasteiger charge is -1.89. The van der Waals surface area contributed by atoms with Crippen molar-refractivity contribution in [2.45, 2.75) is 6.42 Å². The first-order valence-electron chi connectivity index (χ1n) is 2.86. The molecule has 0 radical (unpaired) electrons. The predicted octanol–water partition coefficient (Wildman–Crippen LogP) is -0.448. The van der Waals surface area contributed by atoms with Crippen LogP contribution in [0.2, 0.25) is 0 Å². The minimum atomic E-state index is -0.522. The van der Waals surface area contributed by atoms with E-state index in [9.17, 15) is 4.79 Å². The smallest absolute Gasteiger partial charge is 0.392 e. The number of aromatic amines is 1. The highest BCUT2D eigenvalue weighted by molar-refractivity contribution is 4.71.